The van der Waals surface area contributed by atoms with E-state index in [0.717, 1.165) is 16.7 Å². The van der Waals surface area contributed by atoms with Gasteiger partial charge in [-0.15, -0.1) is 0 Å². The number of imide groups is 1. The van der Waals surface area contributed by atoms with E-state index in [2.05, 4.69) is 0 Å². The lowest BCUT2D eigenvalue weighted by molar-refractivity contribution is -0.123. The summed E-state index contributed by atoms with van der Waals surface area (Å²) in [6.07, 6.45) is 1.59. The Morgan fingerprint density at radius 2 is 1.84 bits per heavy atom. The molecule has 0 atom stereocenters. The normalized spacial score (nSPS) is 15.6. The molecule has 3 aromatic carbocycles. The molecule has 2 amide bonds. The van der Waals surface area contributed by atoms with Crippen LogP contribution in [0.1, 0.15) is 16.7 Å². The fraction of sp³-hybridized carbons (Fsp3) is 0.154. The third kappa shape index (κ3) is 5.20. The molecule has 7 nitrogen and oxygen atoms in total. The Hall–Kier alpha value is -3.40. The zero-order chi connectivity index (χ0) is 26.1. The highest BCUT2D eigenvalue weighted by atomic mass is 35.5. The van der Waals surface area contributed by atoms with Crippen LogP contribution in [0.5, 0.6) is 23.0 Å². The molecule has 1 saturated heterocycles. The van der Waals surface area contributed by atoms with Crippen LogP contribution >= 0.6 is 35.0 Å². The third-order valence-electron chi connectivity index (χ3n) is 5.66. The first-order chi connectivity index (χ1) is 17.8. The number of carbonyl (C=O) groups excluding carboxylic acids is 2. The monoisotopic (exact) mass is 561 g/mol. The predicted octanol–water partition coefficient (Wildman–Crippen LogP) is 6.69. The molecule has 0 unspecified atom stereocenters. The van der Waals surface area contributed by atoms with Gasteiger partial charge in [-0.2, -0.15) is 0 Å². The largest absolute Gasteiger partial charge is 0.493 e. The van der Waals surface area contributed by atoms with Crippen molar-refractivity contribution >= 4 is 52.2 Å². The molecule has 0 aromatic heterocycles. The number of fused-ring (bicyclic) bond motifs is 1. The van der Waals surface area contributed by atoms with Crippen LogP contribution in [0.2, 0.25) is 10.0 Å². The maximum Gasteiger partial charge on any atom is 0.293 e. The summed E-state index contributed by atoms with van der Waals surface area (Å²) in [4.78, 5) is 27.0. The summed E-state index contributed by atoms with van der Waals surface area (Å²) in [6, 6.07) is 12.7. The Kier molecular flexibility index (Phi) is 7.19. The van der Waals surface area contributed by atoms with Crippen LogP contribution in [0.3, 0.4) is 0 Å². The number of hydrogen-bond acceptors (Lipinski definition) is 7. The average molecular weight is 562 g/mol. The number of halogens is 3. The maximum absolute atomic E-state index is 14.1. The van der Waals surface area contributed by atoms with E-state index in [1.807, 2.05) is 0 Å². The minimum absolute atomic E-state index is 0.00775. The second-order valence-corrected chi connectivity index (χ2v) is 9.77. The van der Waals surface area contributed by atoms with Crippen LogP contribution in [0.4, 0.5) is 9.18 Å². The van der Waals surface area contributed by atoms with Crippen molar-refractivity contribution in [3.8, 4) is 23.0 Å². The first-order valence-corrected chi connectivity index (χ1v) is 12.5. The zero-order valence-electron chi connectivity index (χ0n) is 19.3. The van der Waals surface area contributed by atoms with Gasteiger partial charge in [-0.1, -0.05) is 35.3 Å². The second kappa shape index (κ2) is 10.5. The van der Waals surface area contributed by atoms with Gasteiger partial charge in [0.05, 0.1) is 23.6 Å². The smallest absolute Gasteiger partial charge is 0.293 e. The van der Waals surface area contributed by atoms with E-state index in [0.29, 0.717) is 39.1 Å². The standard InChI is InChI=1S/C26H18Cl2FNO6S/c1-33-21-7-14(5-6-20(21)34-12-16-17(27)3-2-4-19(16)29)8-24-25(31)30(26(32)37-24)11-15-9-22-23(10-18(15)28)36-13-35-22/h2-10H,11-13H2,1H3/b24-8-. The average Bonchev–Trinajstić information content (AvgIpc) is 3.43. The summed E-state index contributed by atoms with van der Waals surface area (Å²) < 4.78 is 35.9. The van der Waals surface area contributed by atoms with E-state index in [1.165, 1.54) is 19.2 Å². The molecule has 0 N–H and O–H groups in total. The molecular formula is C26H18Cl2FNO6S. The third-order valence-corrected chi connectivity index (χ3v) is 7.28. The summed E-state index contributed by atoms with van der Waals surface area (Å²) >= 11 is 13.2. The van der Waals surface area contributed by atoms with Crippen molar-refractivity contribution < 1.29 is 32.9 Å². The minimum Gasteiger partial charge on any atom is -0.493 e. The van der Waals surface area contributed by atoms with Crippen LogP contribution in [0.15, 0.2) is 53.4 Å². The quantitative estimate of drug-likeness (QED) is 0.297. The van der Waals surface area contributed by atoms with Gasteiger partial charge in [-0.25, -0.2) is 4.39 Å². The number of rotatable bonds is 7. The molecular weight excluding hydrogens is 544 g/mol. The van der Waals surface area contributed by atoms with Crippen LogP contribution < -0.4 is 18.9 Å². The number of thioether (sulfide) groups is 1. The summed E-state index contributed by atoms with van der Waals surface area (Å²) in [6.45, 7) is -0.0156. The van der Waals surface area contributed by atoms with Gasteiger partial charge in [-0.05, 0) is 59.3 Å². The van der Waals surface area contributed by atoms with Gasteiger partial charge >= 0.3 is 0 Å². The molecule has 2 heterocycles. The molecule has 2 aliphatic heterocycles. The Balaban J connectivity index is 1.32. The molecule has 0 saturated carbocycles. The van der Waals surface area contributed by atoms with Gasteiger partial charge < -0.3 is 18.9 Å². The number of carbonyl (C=O) groups is 2. The lowest BCUT2D eigenvalue weighted by atomic mass is 10.1. The van der Waals surface area contributed by atoms with Gasteiger partial charge in [0.2, 0.25) is 6.79 Å². The molecule has 3 aromatic rings. The van der Waals surface area contributed by atoms with Gasteiger partial charge in [0.1, 0.15) is 12.4 Å². The van der Waals surface area contributed by atoms with E-state index in [-0.39, 0.29) is 35.4 Å². The lowest BCUT2D eigenvalue weighted by Gasteiger charge is -2.14. The van der Waals surface area contributed by atoms with Crippen molar-refractivity contribution in [2.45, 2.75) is 13.2 Å². The first-order valence-electron chi connectivity index (χ1n) is 10.9. The summed E-state index contributed by atoms with van der Waals surface area (Å²) in [7, 11) is 1.46. The molecule has 190 valence electrons. The number of ether oxygens (including phenoxy) is 4. The molecule has 1 fully saturated rings. The van der Waals surface area contributed by atoms with Crippen molar-refractivity contribution in [2.24, 2.45) is 0 Å². The molecule has 37 heavy (non-hydrogen) atoms. The Bertz CT molecular complexity index is 1430. The number of hydrogen-bond donors (Lipinski definition) is 0. The molecule has 0 spiro atoms. The Morgan fingerprint density at radius 3 is 2.59 bits per heavy atom. The summed E-state index contributed by atoms with van der Waals surface area (Å²) in [5.41, 5.74) is 1.40. The fourth-order valence-corrected chi connectivity index (χ4v) is 5.02. The topological polar surface area (TPSA) is 74.3 Å². The van der Waals surface area contributed by atoms with Gasteiger partial charge in [0.15, 0.2) is 23.0 Å². The Morgan fingerprint density at radius 1 is 1.05 bits per heavy atom. The van der Waals surface area contributed by atoms with Crippen molar-refractivity contribution in [3.63, 3.8) is 0 Å². The van der Waals surface area contributed by atoms with Crippen molar-refractivity contribution in [1.29, 1.82) is 0 Å². The molecule has 0 bridgehead atoms. The van der Waals surface area contributed by atoms with E-state index in [1.54, 1.807) is 42.5 Å². The number of nitrogens with zero attached hydrogens (tertiary/aromatic N) is 1. The van der Waals surface area contributed by atoms with Crippen LogP contribution in [0, 0.1) is 5.82 Å². The van der Waals surface area contributed by atoms with E-state index in [4.69, 9.17) is 42.1 Å². The molecule has 0 aliphatic carbocycles. The Labute approximate surface area is 225 Å². The van der Waals surface area contributed by atoms with Crippen LogP contribution in [0.25, 0.3) is 6.08 Å². The van der Waals surface area contributed by atoms with Crippen molar-refractivity contribution in [1.82, 2.24) is 4.90 Å². The van der Waals surface area contributed by atoms with Crippen molar-refractivity contribution in [2.75, 3.05) is 13.9 Å². The number of benzene rings is 3. The van der Waals surface area contributed by atoms with E-state index in [9.17, 15) is 14.0 Å². The lowest BCUT2D eigenvalue weighted by Crippen LogP contribution is -2.27. The maximum atomic E-state index is 14.1. The number of methoxy groups -OCH3 is 1. The van der Waals surface area contributed by atoms with Gasteiger partial charge in [0.25, 0.3) is 11.1 Å². The van der Waals surface area contributed by atoms with E-state index >= 15 is 0 Å². The van der Waals surface area contributed by atoms with Crippen LogP contribution in [-0.2, 0) is 17.9 Å². The molecule has 0 radical (unpaired) electrons. The zero-order valence-corrected chi connectivity index (χ0v) is 21.6. The second-order valence-electron chi connectivity index (χ2n) is 7.96. The fourth-order valence-electron chi connectivity index (χ4n) is 3.75. The predicted molar refractivity (Wildman–Crippen MR) is 138 cm³/mol. The first kappa shape index (κ1) is 25.3. The minimum atomic E-state index is -0.471. The van der Waals surface area contributed by atoms with Crippen LogP contribution in [-0.4, -0.2) is 29.9 Å². The highest BCUT2D eigenvalue weighted by molar-refractivity contribution is 8.18. The van der Waals surface area contributed by atoms with Gasteiger partial charge in [-0.3, -0.25) is 14.5 Å². The van der Waals surface area contributed by atoms with E-state index < -0.39 is 17.0 Å². The SMILES string of the molecule is COc1cc(/C=C2\SC(=O)N(Cc3cc4c(cc3Cl)OCO4)C2=O)ccc1OCc1c(F)cccc1Cl. The molecule has 2 aliphatic rings. The highest BCUT2D eigenvalue weighted by Crippen LogP contribution is 2.40. The highest BCUT2D eigenvalue weighted by Gasteiger charge is 2.35. The van der Waals surface area contributed by atoms with Gasteiger partial charge in [0, 0.05) is 16.7 Å². The molecule has 11 heteroatoms. The summed E-state index contributed by atoms with van der Waals surface area (Å²) in [5.74, 6) is 0.838. The summed E-state index contributed by atoms with van der Waals surface area (Å²) in [5, 5.41) is 0.205. The molecule has 5 rings (SSSR count). The number of amides is 2. The van der Waals surface area contributed by atoms with Crippen molar-refractivity contribution in [3.05, 3.63) is 86.0 Å².